The van der Waals surface area contributed by atoms with Crippen LogP contribution in [-0.2, 0) is 24.0 Å². The Morgan fingerprint density at radius 2 is 1.77 bits per heavy atom. The lowest BCUT2D eigenvalue weighted by Gasteiger charge is -2.16. The molecule has 0 heterocycles. The predicted molar refractivity (Wildman–Crippen MR) is 117 cm³/mol. The van der Waals surface area contributed by atoms with Gasteiger partial charge < -0.3 is 31.7 Å². The molecule has 0 aromatic heterocycles. The van der Waals surface area contributed by atoms with Crippen LogP contribution in [0.5, 0.6) is 0 Å². The summed E-state index contributed by atoms with van der Waals surface area (Å²) in [6.45, 7) is 1.55. The van der Waals surface area contributed by atoms with E-state index in [1.165, 1.54) is 12.2 Å². The van der Waals surface area contributed by atoms with Gasteiger partial charge in [0.2, 0.25) is 11.8 Å². The van der Waals surface area contributed by atoms with Crippen LogP contribution in [0.2, 0.25) is 0 Å². The number of unbranched alkanes of at least 4 members (excludes halogenated alkanes) is 2. The van der Waals surface area contributed by atoms with Crippen LogP contribution in [0.15, 0.2) is 12.2 Å². The summed E-state index contributed by atoms with van der Waals surface area (Å²) in [7, 11) is 0. The summed E-state index contributed by atoms with van der Waals surface area (Å²) in [6, 6.07) is -2.15. The summed E-state index contributed by atoms with van der Waals surface area (Å²) in [6.07, 6.45) is 6.98. The maximum absolute atomic E-state index is 11.5. The molecule has 0 aliphatic heterocycles. The van der Waals surface area contributed by atoms with Crippen molar-refractivity contribution in [3.63, 3.8) is 0 Å². The van der Waals surface area contributed by atoms with Crippen molar-refractivity contribution >= 4 is 42.7 Å². The Hall–Kier alpha value is -2.44. The number of aliphatic hydroxyl groups excluding tert-OH is 1. The number of amides is 2. The lowest BCUT2D eigenvalue weighted by molar-refractivity contribution is -0.139. The Balaban J connectivity index is 0. The molecule has 0 aliphatic carbocycles. The third-order valence-electron chi connectivity index (χ3n) is 3.76. The van der Waals surface area contributed by atoms with E-state index in [4.69, 9.17) is 21.1 Å². The number of nitrogens with one attached hydrogen (secondary N) is 2. The van der Waals surface area contributed by atoms with Crippen molar-refractivity contribution in [3.05, 3.63) is 12.2 Å². The molecule has 0 saturated heterocycles. The van der Waals surface area contributed by atoms with E-state index in [1.54, 1.807) is 0 Å². The molecule has 178 valence electrons. The van der Waals surface area contributed by atoms with E-state index in [-0.39, 0.29) is 18.6 Å². The fraction of sp³-hybridized carbons (Fsp3) is 0.632. The summed E-state index contributed by atoms with van der Waals surface area (Å²) in [5, 5.41) is 30.5. The van der Waals surface area contributed by atoms with Crippen LogP contribution in [0.3, 0.4) is 0 Å². The zero-order valence-corrected chi connectivity index (χ0v) is 18.4. The van der Waals surface area contributed by atoms with Crippen molar-refractivity contribution in [2.75, 3.05) is 12.3 Å². The molecule has 0 radical (unpaired) electrons. The molecule has 7 N–H and O–H groups in total. The molecule has 3 unspecified atom stereocenters. The molecule has 11 nitrogen and oxygen atoms in total. The molecule has 0 rings (SSSR count). The van der Waals surface area contributed by atoms with Gasteiger partial charge in [0.05, 0.1) is 6.10 Å². The van der Waals surface area contributed by atoms with Gasteiger partial charge in [-0.1, -0.05) is 32.3 Å². The van der Waals surface area contributed by atoms with E-state index < -0.39 is 48.5 Å². The highest BCUT2D eigenvalue weighted by Gasteiger charge is 2.20. The average Bonchev–Trinajstić information content (AvgIpc) is 2.73. The first-order valence-corrected chi connectivity index (χ1v) is 10.4. The highest BCUT2D eigenvalue weighted by atomic mass is 32.1. The number of carboxylic acids is 2. The highest BCUT2D eigenvalue weighted by molar-refractivity contribution is 7.80. The molecule has 0 aliphatic rings. The SMILES string of the molecule is CCCCCC(O)C=CC=O.NC(CCC(=O)NC(CS)C(=O)NCC(=O)O)C(=O)O. The van der Waals surface area contributed by atoms with Gasteiger partial charge in [-0.05, 0) is 18.9 Å². The van der Waals surface area contributed by atoms with Gasteiger partial charge in [-0.15, -0.1) is 0 Å². The molecule has 12 heteroatoms. The zero-order valence-electron chi connectivity index (χ0n) is 17.5. The van der Waals surface area contributed by atoms with Crippen molar-refractivity contribution in [1.82, 2.24) is 10.6 Å². The first-order valence-electron chi connectivity index (χ1n) is 9.77. The van der Waals surface area contributed by atoms with Gasteiger partial charge >= 0.3 is 11.9 Å². The third-order valence-corrected chi connectivity index (χ3v) is 4.13. The van der Waals surface area contributed by atoms with Gasteiger partial charge in [0.1, 0.15) is 24.9 Å². The Morgan fingerprint density at radius 1 is 1.13 bits per heavy atom. The van der Waals surface area contributed by atoms with Crippen LogP contribution in [-0.4, -0.2) is 75.8 Å². The molecule has 0 spiro atoms. The molecular weight excluding hydrogens is 430 g/mol. The second kappa shape index (κ2) is 19.5. The van der Waals surface area contributed by atoms with Crippen molar-refractivity contribution in [3.8, 4) is 0 Å². The standard InChI is InChI=1S/C10H17N3O6S.C9H16O2/c11-5(10(18)19)1-2-7(14)13-6(4-20)9(17)12-3-8(15)16;1-2-3-4-6-9(11)7-5-8-10/h5-6,20H,1-4,11H2,(H,12,17)(H,13,14)(H,15,16)(H,18,19);5,7-9,11H,2-4,6H2,1H3. The molecule has 0 fully saturated rings. The largest absolute Gasteiger partial charge is 0.480 e. The quantitative estimate of drug-likeness (QED) is 0.0723. The summed E-state index contributed by atoms with van der Waals surface area (Å²) in [5.74, 6) is -3.70. The average molecular weight is 464 g/mol. The van der Waals surface area contributed by atoms with Crippen molar-refractivity contribution in [2.45, 2.75) is 63.6 Å². The molecule has 31 heavy (non-hydrogen) atoms. The Bertz CT molecular complexity index is 601. The fourth-order valence-corrected chi connectivity index (χ4v) is 2.29. The Kier molecular flexibility index (Phi) is 19.4. The molecule has 0 aromatic carbocycles. The van der Waals surface area contributed by atoms with Gasteiger partial charge in [-0.3, -0.25) is 24.0 Å². The number of aliphatic carboxylic acids is 2. The number of nitrogens with two attached hydrogens (primary N) is 1. The van der Waals surface area contributed by atoms with Crippen molar-refractivity contribution in [2.24, 2.45) is 5.73 Å². The van der Waals surface area contributed by atoms with Crippen LogP contribution < -0.4 is 16.4 Å². The van der Waals surface area contributed by atoms with Gasteiger partial charge in [0, 0.05) is 12.2 Å². The van der Waals surface area contributed by atoms with E-state index in [1.807, 2.05) is 0 Å². The van der Waals surface area contributed by atoms with Crippen LogP contribution in [0, 0.1) is 0 Å². The number of carboxylic acid groups (broad SMARTS) is 2. The molecule has 0 aromatic rings. The maximum atomic E-state index is 11.5. The number of aldehydes is 1. The third kappa shape index (κ3) is 19.3. The van der Waals surface area contributed by atoms with Crippen LogP contribution in [0.4, 0.5) is 0 Å². The van der Waals surface area contributed by atoms with E-state index >= 15 is 0 Å². The second-order valence-electron chi connectivity index (χ2n) is 6.48. The van der Waals surface area contributed by atoms with Crippen LogP contribution >= 0.6 is 12.6 Å². The van der Waals surface area contributed by atoms with Gasteiger partial charge in [-0.2, -0.15) is 12.6 Å². The van der Waals surface area contributed by atoms with E-state index in [0.717, 1.165) is 25.7 Å². The number of thiol groups is 1. The smallest absolute Gasteiger partial charge is 0.322 e. The molecule has 0 bridgehead atoms. The van der Waals surface area contributed by atoms with Crippen molar-refractivity contribution in [1.29, 1.82) is 0 Å². The van der Waals surface area contributed by atoms with Gasteiger partial charge in [0.15, 0.2) is 0 Å². The highest BCUT2D eigenvalue weighted by Crippen LogP contribution is 2.03. The van der Waals surface area contributed by atoms with Crippen LogP contribution in [0.1, 0.15) is 45.4 Å². The molecule has 2 amide bonds. The predicted octanol–water partition coefficient (Wildman–Crippen LogP) is -0.523. The Morgan fingerprint density at radius 3 is 2.26 bits per heavy atom. The number of rotatable bonds is 15. The number of hydrogen-bond donors (Lipinski definition) is 7. The van der Waals surface area contributed by atoms with E-state index in [0.29, 0.717) is 6.29 Å². The van der Waals surface area contributed by atoms with E-state index in [2.05, 4.69) is 30.2 Å². The first-order chi connectivity index (χ1) is 14.6. The number of carbonyl (C=O) groups is 5. The summed E-state index contributed by atoms with van der Waals surface area (Å²) in [5.41, 5.74) is 5.23. The first kappa shape index (κ1) is 30.8. The number of hydrogen-bond acceptors (Lipinski definition) is 8. The fourth-order valence-electron chi connectivity index (χ4n) is 2.03. The summed E-state index contributed by atoms with van der Waals surface area (Å²) < 4.78 is 0. The zero-order chi connectivity index (χ0) is 24.2. The van der Waals surface area contributed by atoms with Gasteiger partial charge in [-0.25, -0.2) is 0 Å². The normalized spacial score (nSPS) is 13.3. The lowest BCUT2D eigenvalue weighted by atomic mass is 10.1. The van der Waals surface area contributed by atoms with Gasteiger partial charge in [0.25, 0.3) is 0 Å². The minimum absolute atomic E-state index is 0.0256. The molecular formula is C19H33N3O8S. The summed E-state index contributed by atoms with van der Waals surface area (Å²) in [4.78, 5) is 53.6. The van der Waals surface area contributed by atoms with Crippen LogP contribution in [0.25, 0.3) is 0 Å². The number of aliphatic hydroxyl groups is 1. The number of carbonyl (C=O) groups excluding carboxylic acids is 3. The minimum atomic E-state index is -1.22. The second-order valence-corrected chi connectivity index (χ2v) is 6.85. The molecule has 0 saturated carbocycles. The number of allylic oxidation sites excluding steroid dienone is 1. The van der Waals surface area contributed by atoms with Crippen molar-refractivity contribution < 1.29 is 39.3 Å². The monoisotopic (exact) mass is 463 g/mol. The Labute approximate surface area is 186 Å². The van der Waals surface area contributed by atoms with E-state index in [9.17, 15) is 24.0 Å². The molecule has 3 atom stereocenters. The topological polar surface area (TPSA) is 196 Å². The lowest BCUT2D eigenvalue weighted by Crippen LogP contribution is -2.49. The minimum Gasteiger partial charge on any atom is -0.480 e. The summed E-state index contributed by atoms with van der Waals surface area (Å²) >= 11 is 3.87. The maximum Gasteiger partial charge on any atom is 0.322 e.